The summed E-state index contributed by atoms with van der Waals surface area (Å²) in [7, 11) is 4.04. The first kappa shape index (κ1) is 21.7. The second-order valence-electron chi connectivity index (χ2n) is 6.61. The average Bonchev–Trinajstić information content (AvgIpc) is 2.70. The lowest BCUT2D eigenvalue weighted by molar-refractivity contribution is 0.0360. The molecule has 0 N–H and O–H groups in total. The molecule has 0 saturated heterocycles. The molecule has 0 saturated carbocycles. The number of rotatable bonds is 10. The van der Waals surface area contributed by atoms with Crippen molar-refractivity contribution in [3.8, 4) is 17.7 Å². The molecule has 2 rings (SSSR count). The van der Waals surface area contributed by atoms with E-state index in [1.54, 1.807) is 6.20 Å². The van der Waals surface area contributed by atoms with Gasteiger partial charge in [0.05, 0.1) is 19.8 Å². The minimum Gasteiger partial charge on any atom is -0.475 e. The van der Waals surface area contributed by atoms with Crippen LogP contribution in [0.4, 0.5) is 5.69 Å². The SMILES string of the molecule is CCCOCCOCCOc1ncc(C#Cc2ccc(N(C)C)cc2)cc1C. The van der Waals surface area contributed by atoms with Gasteiger partial charge in [-0.05, 0) is 43.7 Å². The zero-order valence-corrected chi connectivity index (χ0v) is 17.3. The van der Waals surface area contributed by atoms with Crippen molar-refractivity contribution in [2.45, 2.75) is 20.3 Å². The summed E-state index contributed by atoms with van der Waals surface area (Å²) in [5.74, 6) is 6.95. The quantitative estimate of drug-likeness (QED) is 0.463. The minimum absolute atomic E-state index is 0.463. The van der Waals surface area contributed by atoms with Crippen LogP contribution in [0.15, 0.2) is 36.5 Å². The molecule has 2 aromatic rings. The fourth-order valence-electron chi connectivity index (χ4n) is 2.43. The Morgan fingerprint density at radius 1 is 0.893 bits per heavy atom. The van der Waals surface area contributed by atoms with Crippen LogP contribution >= 0.6 is 0 Å². The summed E-state index contributed by atoms with van der Waals surface area (Å²) in [4.78, 5) is 6.44. The van der Waals surface area contributed by atoms with Crippen LogP contribution in [0, 0.1) is 18.8 Å². The second-order valence-corrected chi connectivity index (χ2v) is 6.61. The number of nitrogens with zero attached hydrogens (tertiary/aromatic N) is 2. The number of hydrogen-bond acceptors (Lipinski definition) is 5. The predicted octanol–water partition coefficient (Wildman–Crippen LogP) is 3.68. The Hall–Kier alpha value is -2.55. The molecule has 0 bridgehead atoms. The first-order valence-corrected chi connectivity index (χ1v) is 9.64. The third-order valence-corrected chi connectivity index (χ3v) is 3.95. The van der Waals surface area contributed by atoms with E-state index in [2.05, 4.69) is 40.8 Å². The molecule has 0 unspecified atom stereocenters. The summed E-state index contributed by atoms with van der Waals surface area (Å²) in [6.45, 7) is 7.02. The average molecular weight is 383 g/mol. The highest BCUT2D eigenvalue weighted by Crippen LogP contribution is 2.15. The molecule has 0 radical (unpaired) electrons. The van der Waals surface area contributed by atoms with Crippen molar-refractivity contribution in [3.05, 3.63) is 53.2 Å². The van der Waals surface area contributed by atoms with Gasteiger partial charge < -0.3 is 19.1 Å². The van der Waals surface area contributed by atoms with Crippen LogP contribution in [0.1, 0.15) is 30.0 Å². The number of hydrogen-bond donors (Lipinski definition) is 0. The molecule has 1 aromatic heterocycles. The normalized spacial score (nSPS) is 10.3. The summed E-state index contributed by atoms with van der Waals surface area (Å²) in [5, 5.41) is 0. The molecule has 0 aliphatic heterocycles. The lowest BCUT2D eigenvalue weighted by Gasteiger charge is -2.11. The van der Waals surface area contributed by atoms with Gasteiger partial charge in [-0.2, -0.15) is 0 Å². The van der Waals surface area contributed by atoms with Gasteiger partial charge in [0.25, 0.3) is 0 Å². The van der Waals surface area contributed by atoms with Crippen molar-refractivity contribution in [2.24, 2.45) is 0 Å². The molecular weight excluding hydrogens is 352 g/mol. The molecule has 0 atom stereocenters. The summed E-state index contributed by atoms with van der Waals surface area (Å²) < 4.78 is 16.5. The van der Waals surface area contributed by atoms with E-state index in [4.69, 9.17) is 14.2 Å². The Morgan fingerprint density at radius 3 is 2.18 bits per heavy atom. The molecule has 5 nitrogen and oxygen atoms in total. The molecule has 0 aliphatic carbocycles. The van der Waals surface area contributed by atoms with Crippen LogP contribution in [0.2, 0.25) is 0 Å². The maximum atomic E-state index is 5.69. The van der Waals surface area contributed by atoms with Crippen LogP contribution in [0.25, 0.3) is 0 Å². The first-order valence-electron chi connectivity index (χ1n) is 9.64. The zero-order valence-electron chi connectivity index (χ0n) is 17.3. The number of aromatic nitrogens is 1. The standard InChI is InChI=1S/C23H30N2O3/c1-5-12-26-13-14-27-15-16-28-23-19(2)17-21(18-24-23)7-6-20-8-10-22(11-9-20)25(3)4/h8-11,17-18H,5,12-16H2,1-4H3. The summed E-state index contributed by atoms with van der Waals surface area (Å²) >= 11 is 0. The van der Waals surface area contributed by atoms with Gasteiger partial charge in [0.15, 0.2) is 0 Å². The van der Waals surface area contributed by atoms with E-state index < -0.39 is 0 Å². The van der Waals surface area contributed by atoms with Gasteiger partial charge in [0, 0.05) is 49.3 Å². The first-order chi connectivity index (χ1) is 13.6. The Balaban J connectivity index is 1.80. The maximum absolute atomic E-state index is 5.69. The highest BCUT2D eigenvalue weighted by atomic mass is 16.5. The topological polar surface area (TPSA) is 43.8 Å². The van der Waals surface area contributed by atoms with Crippen LogP contribution in [0.3, 0.4) is 0 Å². The molecule has 0 fully saturated rings. The molecule has 1 aromatic carbocycles. The van der Waals surface area contributed by atoms with Crippen molar-refractivity contribution in [1.29, 1.82) is 0 Å². The molecule has 0 amide bonds. The molecule has 0 spiro atoms. The number of benzene rings is 1. The van der Waals surface area contributed by atoms with E-state index in [9.17, 15) is 0 Å². The van der Waals surface area contributed by atoms with E-state index in [0.29, 0.717) is 32.3 Å². The monoisotopic (exact) mass is 382 g/mol. The van der Waals surface area contributed by atoms with Crippen LogP contribution in [0.5, 0.6) is 5.88 Å². The molecule has 5 heteroatoms. The number of ether oxygens (including phenoxy) is 3. The predicted molar refractivity (Wildman–Crippen MR) is 113 cm³/mol. The number of pyridine rings is 1. The fourth-order valence-corrected chi connectivity index (χ4v) is 2.43. The summed E-state index contributed by atoms with van der Waals surface area (Å²) in [6.07, 6.45) is 2.76. The molecule has 28 heavy (non-hydrogen) atoms. The van der Waals surface area contributed by atoms with Crippen molar-refractivity contribution in [2.75, 3.05) is 52.0 Å². The van der Waals surface area contributed by atoms with Crippen LogP contribution in [-0.2, 0) is 9.47 Å². The fraction of sp³-hybridized carbons (Fsp3) is 0.435. The van der Waals surface area contributed by atoms with Gasteiger partial charge in [0.1, 0.15) is 6.61 Å². The van der Waals surface area contributed by atoms with Gasteiger partial charge in [-0.1, -0.05) is 18.8 Å². The lowest BCUT2D eigenvalue weighted by Crippen LogP contribution is -2.12. The van der Waals surface area contributed by atoms with E-state index in [1.165, 1.54) is 0 Å². The van der Waals surface area contributed by atoms with Gasteiger partial charge in [-0.15, -0.1) is 0 Å². The van der Waals surface area contributed by atoms with Gasteiger partial charge >= 0.3 is 0 Å². The van der Waals surface area contributed by atoms with Crippen molar-refractivity contribution in [3.63, 3.8) is 0 Å². The van der Waals surface area contributed by atoms with Gasteiger partial charge in [-0.3, -0.25) is 0 Å². The third kappa shape index (κ3) is 7.59. The van der Waals surface area contributed by atoms with Crippen LogP contribution in [-0.4, -0.2) is 52.1 Å². The largest absolute Gasteiger partial charge is 0.475 e. The Kier molecular flexibility index (Phi) is 9.33. The number of aryl methyl sites for hydroxylation is 1. The summed E-state index contributed by atoms with van der Waals surface area (Å²) in [6, 6.07) is 10.1. The van der Waals surface area contributed by atoms with Gasteiger partial charge in [-0.25, -0.2) is 4.98 Å². The van der Waals surface area contributed by atoms with E-state index >= 15 is 0 Å². The van der Waals surface area contributed by atoms with Gasteiger partial charge in [0.2, 0.25) is 5.88 Å². The van der Waals surface area contributed by atoms with Crippen LogP contribution < -0.4 is 9.64 Å². The molecular formula is C23H30N2O3. The number of anilines is 1. The highest BCUT2D eigenvalue weighted by Gasteiger charge is 2.02. The van der Waals surface area contributed by atoms with E-state index in [-0.39, 0.29) is 0 Å². The van der Waals surface area contributed by atoms with Crippen molar-refractivity contribution >= 4 is 5.69 Å². The molecule has 1 heterocycles. The molecule has 150 valence electrons. The Bertz CT molecular complexity index is 777. The Morgan fingerprint density at radius 2 is 1.54 bits per heavy atom. The van der Waals surface area contributed by atoms with E-state index in [0.717, 1.165) is 35.4 Å². The smallest absolute Gasteiger partial charge is 0.216 e. The van der Waals surface area contributed by atoms with E-state index in [1.807, 2.05) is 39.2 Å². The lowest BCUT2D eigenvalue weighted by atomic mass is 10.1. The zero-order chi connectivity index (χ0) is 20.2. The third-order valence-electron chi connectivity index (χ3n) is 3.95. The highest BCUT2D eigenvalue weighted by molar-refractivity contribution is 5.51. The van der Waals surface area contributed by atoms with Crippen molar-refractivity contribution in [1.82, 2.24) is 4.98 Å². The van der Waals surface area contributed by atoms with Crippen molar-refractivity contribution < 1.29 is 14.2 Å². The second kappa shape index (κ2) is 12.0. The Labute approximate surface area is 168 Å². The maximum Gasteiger partial charge on any atom is 0.216 e. The minimum atomic E-state index is 0.463. The summed E-state index contributed by atoms with van der Waals surface area (Å²) in [5.41, 5.74) is 3.96. The molecule has 0 aliphatic rings.